The molecule has 1 unspecified atom stereocenters. The van der Waals surface area contributed by atoms with E-state index in [0.717, 1.165) is 21.5 Å². The van der Waals surface area contributed by atoms with Crippen LogP contribution in [-0.2, 0) is 16.6 Å². The number of benzene rings is 1. The zero-order valence-corrected chi connectivity index (χ0v) is 14.6. The van der Waals surface area contributed by atoms with E-state index >= 15 is 0 Å². The van der Waals surface area contributed by atoms with E-state index in [4.69, 9.17) is 11.6 Å². The molecule has 22 heavy (non-hydrogen) atoms. The number of fused-ring (bicyclic) bond motifs is 1. The van der Waals surface area contributed by atoms with Gasteiger partial charge >= 0.3 is 0 Å². The van der Waals surface area contributed by atoms with Crippen molar-refractivity contribution in [1.29, 1.82) is 0 Å². The molecule has 0 aliphatic heterocycles. The van der Waals surface area contributed by atoms with E-state index in [1.165, 1.54) is 0 Å². The predicted molar refractivity (Wildman–Crippen MR) is 95.0 cm³/mol. The standard InChI is InChI=1S/C16H14ClNOS.C2H6/c1-12-7-8-18-10-14(9-15(17)16(12)18)20(19)11-13-5-3-2-4-6-13;1-2/h2-10H,11H2,1H3;1-2H3. The summed E-state index contributed by atoms with van der Waals surface area (Å²) in [5, 5.41) is 0.645. The zero-order valence-electron chi connectivity index (χ0n) is 13.0. The van der Waals surface area contributed by atoms with Crippen LogP contribution in [0, 0.1) is 6.92 Å². The second-order valence-corrected chi connectivity index (χ2v) is 6.61. The predicted octanol–water partition coefficient (Wildman–Crippen LogP) is 5.24. The maximum atomic E-state index is 12.5. The quantitative estimate of drug-likeness (QED) is 0.642. The SMILES string of the molecule is CC.Cc1ccn2cc(S(=O)Cc3ccccc3)cc(Cl)c12. The molecule has 3 rings (SSSR count). The van der Waals surface area contributed by atoms with E-state index in [9.17, 15) is 4.21 Å². The smallest absolute Gasteiger partial charge is 0.0667 e. The van der Waals surface area contributed by atoms with Crippen molar-refractivity contribution >= 4 is 27.9 Å². The molecule has 0 aliphatic rings. The third-order valence-corrected chi connectivity index (χ3v) is 4.91. The van der Waals surface area contributed by atoms with Crippen molar-refractivity contribution in [2.75, 3.05) is 0 Å². The summed E-state index contributed by atoms with van der Waals surface area (Å²) in [6.45, 7) is 6.02. The molecule has 116 valence electrons. The third kappa shape index (κ3) is 3.60. The second-order valence-electron chi connectivity index (χ2n) is 4.75. The number of hydrogen-bond acceptors (Lipinski definition) is 1. The molecule has 0 radical (unpaired) electrons. The number of aryl methyl sites for hydroxylation is 1. The van der Waals surface area contributed by atoms with Gasteiger partial charge in [-0.25, -0.2) is 0 Å². The van der Waals surface area contributed by atoms with Crippen molar-refractivity contribution in [2.45, 2.75) is 31.4 Å². The fourth-order valence-corrected chi connectivity index (χ4v) is 3.84. The molecule has 2 aromatic heterocycles. The lowest BCUT2D eigenvalue weighted by Gasteiger charge is -2.06. The molecule has 0 spiro atoms. The fourth-order valence-electron chi connectivity index (χ4n) is 2.27. The van der Waals surface area contributed by atoms with Crippen molar-refractivity contribution < 1.29 is 4.21 Å². The molecule has 1 aromatic carbocycles. The van der Waals surface area contributed by atoms with Crippen LogP contribution in [0.3, 0.4) is 0 Å². The van der Waals surface area contributed by atoms with E-state index in [-0.39, 0.29) is 0 Å². The Balaban J connectivity index is 0.000000847. The van der Waals surface area contributed by atoms with Gasteiger partial charge in [0, 0.05) is 12.4 Å². The summed E-state index contributed by atoms with van der Waals surface area (Å²) in [7, 11) is -1.10. The van der Waals surface area contributed by atoms with Gasteiger partial charge in [0.2, 0.25) is 0 Å². The fraction of sp³-hybridized carbons (Fsp3) is 0.222. The molecule has 2 nitrogen and oxygen atoms in total. The van der Waals surface area contributed by atoms with Gasteiger partial charge in [-0.15, -0.1) is 0 Å². The number of halogens is 1. The number of rotatable bonds is 3. The summed E-state index contributed by atoms with van der Waals surface area (Å²) in [5.41, 5.74) is 3.16. The highest BCUT2D eigenvalue weighted by Crippen LogP contribution is 2.25. The Morgan fingerprint density at radius 1 is 1.14 bits per heavy atom. The lowest BCUT2D eigenvalue weighted by atomic mass is 10.2. The normalized spacial score (nSPS) is 11.8. The molecule has 0 amide bonds. The Labute approximate surface area is 139 Å². The van der Waals surface area contributed by atoms with Gasteiger partial charge in [-0.1, -0.05) is 55.8 Å². The van der Waals surface area contributed by atoms with Crippen LogP contribution < -0.4 is 0 Å². The molecule has 2 heterocycles. The molecule has 1 atom stereocenters. The molecule has 0 aliphatic carbocycles. The Hall–Kier alpha value is -1.58. The number of pyridine rings is 1. The first-order valence-corrected chi connectivity index (χ1v) is 9.04. The minimum Gasteiger partial charge on any atom is -0.321 e. The highest BCUT2D eigenvalue weighted by atomic mass is 35.5. The van der Waals surface area contributed by atoms with Gasteiger partial charge in [0.05, 0.1) is 32.0 Å². The molecule has 0 saturated heterocycles. The number of aromatic nitrogens is 1. The van der Waals surface area contributed by atoms with Crippen LogP contribution in [-0.4, -0.2) is 8.61 Å². The summed E-state index contributed by atoms with van der Waals surface area (Å²) in [4.78, 5) is 0.752. The van der Waals surface area contributed by atoms with Gasteiger partial charge in [0.15, 0.2) is 0 Å². The molecule has 4 heteroatoms. The van der Waals surface area contributed by atoms with E-state index in [0.29, 0.717) is 10.8 Å². The average molecular weight is 334 g/mol. The first-order chi connectivity index (χ1) is 10.6. The lowest BCUT2D eigenvalue weighted by Crippen LogP contribution is -1.98. The van der Waals surface area contributed by atoms with Crippen molar-refractivity contribution in [3.8, 4) is 0 Å². The van der Waals surface area contributed by atoms with Crippen molar-refractivity contribution in [2.24, 2.45) is 0 Å². The highest BCUT2D eigenvalue weighted by molar-refractivity contribution is 7.84. The van der Waals surface area contributed by atoms with Gasteiger partial charge < -0.3 is 4.40 Å². The molecule has 0 saturated carbocycles. The Morgan fingerprint density at radius 3 is 2.50 bits per heavy atom. The summed E-state index contributed by atoms with van der Waals surface area (Å²) >= 11 is 6.30. The molecular formula is C18H20ClNOS. The van der Waals surface area contributed by atoms with Gasteiger partial charge in [-0.3, -0.25) is 4.21 Å². The first-order valence-electron chi connectivity index (χ1n) is 7.34. The molecule has 3 aromatic rings. The van der Waals surface area contributed by atoms with Crippen LogP contribution in [0.5, 0.6) is 0 Å². The Bertz CT molecular complexity index is 780. The summed E-state index contributed by atoms with van der Waals surface area (Å²) in [6, 6.07) is 13.7. The maximum Gasteiger partial charge on any atom is 0.0667 e. The van der Waals surface area contributed by atoms with Crippen LogP contribution in [0.2, 0.25) is 5.02 Å². The summed E-state index contributed by atoms with van der Waals surface area (Å²) in [6.07, 6.45) is 3.84. The van der Waals surface area contributed by atoms with Crippen LogP contribution in [0.1, 0.15) is 25.0 Å². The molecule has 0 N–H and O–H groups in total. The van der Waals surface area contributed by atoms with E-state index in [2.05, 4.69) is 0 Å². The topological polar surface area (TPSA) is 21.5 Å². The summed E-state index contributed by atoms with van der Waals surface area (Å²) in [5.74, 6) is 0.503. The van der Waals surface area contributed by atoms with Gasteiger partial charge in [-0.2, -0.15) is 0 Å². The largest absolute Gasteiger partial charge is 0.321 e. The van der Waals surface area contributed by atoms with Crippen LogP contribution >= 0.6 is 11.6 Å². The lowest BCUT2D eigenvalue weighted by molar-refractivity contribution is 0.682. The van der Waals surface area contributed by atoms with Crippen molar-refractivity contribution in [1.82, 2.24) is 4.40 Å². The Morgan fingerprint density at radius 2 is 1.82 bits per heavy atom. The van der Waals surface area contributed by atoms with Crippen molar-refractivity contribution in [3.63, 3.8) is 0 Å². The first kappa shape index (κ1) is 16.8. The molecule has 0 fully saturated rings. The van der Waals surface area contributed by atoms with Gasteiger partial charge in [-0.05, 0) is 30.2 Å². The van der Waals surface area contributed by atoms with E-state index in [1.807, 2.05) is 80.0 Å². The minimum atomic E-state index is -1.10. The average Bonchev–Trinajstić information content (AvgIpc) is 2.92. The zero-order chi connectivity index (χ0) is 16.1. The second kappa shape index (κ2) is 7.61. The van der Waals surface area contributed by atoms with E-state index < -0.39 is 10.8 Å². The molecular weight excluding hydrogens is 314 g/mol. The third-order valence-electron chi connectivity index (χ3n) is 3.28. The Kier molecular flexibility index (Phi) is 5.81. The van der Waals surface area contributed by atoms with Gasteiger partial charge in [0.1, 0.15) is 0 Å². The molecule has 0 bridgehead atoms. The van der Waals surface area contributed by atoms with E-state index in [1.54, 1.807) is 0 Å². The monoisotopic (exact) mass is 333 g/mol. The maximum absolute atomic E-state index is 12.5. The van der Waals surface area contributed by atoms with Crippen LogP contribution in [0.15, 0.2) is 59.8 Å². The highest BCUT2D eigenvalue weighted by Gasteiger charge is 2.10. The number of hydrogen-bond donors (Lipinski definition) is 0. The number of nitrogens with zero attached hydrogens (tertiary/aromatic N) is 1. The minimum absolute atomic E-state index is 0.503. The van der Waals surface area contributed by atoms with Crippen molar-refractivity contribution in [3.05, 3.63) is 71.0 Å². The summed E-state index contributed by atoms with van der Waals surface area (Å²) < 4.78 is 14.4. The van der Waals surface area contributed by atoms with Crippen LogP contribution in [0.4, 0.5) is 0 Å². The van der Waals surface area contributed by atoms with Crippen LogP contribution in [0.25, 0.3) is 5.52 Å². The van der Waals surface area contributed by atoms with Gasteiger partial charge in [0.25, 0.3) is 0 Å².